The van der Waals surface area contributed by atoms with Crippen LogP contribution in [0.25, 0.3) is 11.0 Å². The van der Waals surface area contributed by atoms with E-state index in [4.69, 9.17) is 9.15 Å². The molecule has 1 saturated carbocycles. The van der Waals surface area contributed by atoms with Crippen LogP contribution in [0, 0.1) is 6.92 Å². The summed E-state index contributed by atoms with van der Waals surface area (Å²) < 4.78 is 12.4. The predicted molar refractivity (Wildman–Crippen MR) is 119 cm³/mol. The van der Waals surface area contributed by atoms with Gasteiger partial charge in [0.2, 0.25) is 0 Å². The van der Waals surface area contributed by atoms with E-state index >= 15 is 0 Å². The quantitative estimate of drug-likeness (QED) is 0.550. The Morgan fingerprint density at radius 2 is 1.81 bits per heavy atom. The van der Waals surface area contributed by atoms with Gasteiger partial charge in [0, 0.05) is 24.5 Å². The standard InChI is InChI=1S/C26H27NO4/c1-17-22-20(30-24(17)25(29)27(2)16-18-9-5-3-6-10-18)11-12-21-23(22)19(28)15-26(31-21)13-7-4-8-14-26/h3,5-6,9-12H,4,7-8,13-16H2,1-2H3. The van der Waals surface area contributed by atoms with E-state index in [1.807, 2.05) is 49.4 Å². The first-order valence-corrected chi connectivity index (χ1v) is 11.1. The van der Waals surface area contributed by atoms with Crippen molar-refractivity contribution in [1.82, 2.24) is 4.90 Å². The average molecular weight is 418 g/mol. The Morgan fingerprint density at radius 1 is 1.06 bits per heavy atom. The van der Waals surface area contributed by atoms with Crippen LogP contribution in [0.4, 0.5) is 0 Å². The molecule has 1 aliphatic heterocycles. The summed E-state index contributed by atoms with van der Waals surface area (Å²) in [7, 11) is 1.76. The zero-order valence-electron chi connectivity index (χ0n) is 18.1. The molecule has 2 aromatic carbocycles. The number of nitrogens with zero attached hydrogens (tertiary/aromatic N) is 1. The number of hydrogen-bond donors (Lipinski definition) is 0. The number of ketones is 1. The van der Waals surface area contributed by atoms with Crippen LogP contribution in [0.1, 0.15) is 70.6 Å². The summed E-state index contributed by atoms with van der Waals surface area (Å²) >= 11 is 0. The summed E-state index contributed by atoms with van der Waals surface area (Å²) in [5, 5.41) is 0.713. The van der Waals surface area contributed by atoms with Crippen molar-refractivity contribution < 1.29 is 18.7 Å². The van der Waals surface area contributed by atoms with Crippen molar-refractivity contribution >= 4 is 22.7 Å². The highest BCUT2D eigenvalue weighted by molar-refractivity contribution is 6.13. The lowest BCUT2D eigenvalue weighted by Crippen LogP contribution is -2.43. The van der Waals surface area contributed by atoms with Crippen molar-refractivity contribution in [2.75, 3.05) is 7.05 Å². The van der Waals surface area contributed by atoms with Crippen LogP contribution >= 0.6 is 0 Å². The Hall–Kier alpha value is -3.08. The lowest BCUT2D eigenvalue weighted by atomic mass is 9.78. The molecule has 2 aliphatic rings. The first-order chi connectivity index (χ1) is 15.0. The molecule has 5 heteroatoms. The first kappa shape index (κ1) is 19.9. The van der Waals surface area contributed by atoms with E-state index in [-0.39, 0.29) is 23.1 Å². The minimum Gasteiger partial charge on any atom is -0.486 e. The maximum atomic E-state index is 13.3. The molecule has 0 radical (unpaired) electrons. The van der Waals surface area contributed by atoms with Crippen molar-refractivity contribution in [3.8, 4) is 5.75 Å². The van der Waals surface area contributed by atoms with Crippen molar-refractivity contribution in [3.05, 3.63) is 64.9 Å². The molecule has 0 atom stereocenters. The van der Waals surface area contributed by atoms with Gasteiger partial charge in [-0.25, -0.2) is 0 Å². The molecule has 5 rings (SSSR count). The zero-order valence-corrected chi connectivity index (χ0v) is 18.1. The van der Waals surface area contributed by atoms with Crippen LogP contribution in [0.5, 0.6) is 5.75 Å². The second-order valence-electron chi connectivity index (χ2n) is 8.96. The molecule has 160 valence electrons. The van der Waals surface area contributed by atoms with E-state index in [0.29, 0.717) is 40.8 Å². The topological polar surface area (TPSA) is 59.8 Å². The van der Waals surface area contributed by atoms with Crippen LogP contribution in [-0.2, 0) is 6.54 Å². The molecule has 0 unspecified atom stereocenters. The molecule has 5 nitrogen and oxygen atoms in total. The summed E-state index contributed by atoms with van der Waals surface area (Å²) in [6.07, 6.45) is 5.65. The highest BCUT2D eigenvalue weighted by atomic mass is 16.5. The van der Waals surface area contributed by atoms with E-state index in [0.717, 1.165) is 31.2 Å². The number of carbonyl (C=O) groups excluding carboxylic acids is 2. The number of hydrogen-bond acceptors (Lipinski definition) is 4. The number of furan rings is 1. The van der Waals surface area contributed by atoms with E-state index < -0.39 is 0 Å². The smallest absolute Gasteiger partial charge is 0.289 e. The van der Waals surface area contributed by atoms with Gasteiger partial charge in [0.15, 0.2) is 11.5 Å². The predicted octanol–water partition coefficient (Wildman–Crippen LogP) is 5.68. The van der Waals surface area contributed by atoms with Crippen LogP contribution in [0.15, 0.2) is 46.9 Å². The molecule has 1 fully saturated rings. The van der Waals surface area contributed by atoms with Crippen LogP contribution < -0.4 is 4.74 Å². The second kappa shape index (κ2) is 7.56. The van der Waals surface area contributed by atoms with Crippen molar-refractivity contribution in [1.29, 1.82) is 0 Å². The number of carbonyl (C=O) groups is 2. The maximum absolute atomic E-state index is 13.3. The number of rotatable bonds is 3. The summed E-state index contributed by atoms with van der Waals surface area (Å²) in [4.78, 5) is 28.1. The normalized spacial score (nSPS) is 17.4. The van der Waals surface area contributed by atoms with Gasteiger partial charge in [-0.05, 0) is 50.3 Å². The van der Waals surface area contributed by atoms with Gasteiger partial charge in [-0.15, -0.1) is 0 Å². The highest BCUT2D eigenvalue weighted by Crippen LogP contribution is 2.45. The summed E-state index contributed by atoms with van der Waals surface area (Å²) in [6, 6.07) is 13.5. The number of benzene rings is 2. The SMILES string of the molecule is Cc1c(C(=O)N(C)Cc2ccccc2)oc2ccc3c(c12)C(=O)CC1(CCCCC1)O3. The van der Waals surface area contributed by atoms with Gasteiger partial charge in [0.25, 0.3) is 5.91 Å². The van der Waals surface area contributed by atoms with Crippen molar-refractivity contribution in [2.24, 2.45) is 0 Å². The van der Waals surface area contributed by atoms with Gasteiger partial charge in [0.05, 0.1) is 12.0 Å². The molecule has 0 bridgehead atoms. The number of ether oxygens (including phenoxy) is 1. The van der Waals surface area contributed by atoms with E-state index in [9.17, 15) is 9.59 Å². The first-order valence-electron chi connectivity index (χ1n) is 11.1. The fourth-order valence-corrected chi connectivity index (χ4v) is 5.12. The summed E-state index contributed by atoms with van der Waals surface area (Å²) in [5.74, 6) is 0.812. The summed E-state index contributed by atoms with van der Waals surface area (Å²) in [6.45, 7) is 2.34. The number of Topliss-reactive ketones (excluding diaryl/α,β-unsaturated/α-hetero) is 1. The van der Waals surface area contributed by atoms with Gasteiger partial charge in [0.1, 0.15) is 16.9 Å². The number of aryl methyl sites for hydroxylation is 1. The third-order valence-corrected chi connectivity index (χ3v) is 6.71. The minimum absolute atomic E-state index is 0.0919. The Balaban J connectivity index is 1.50. The van der Waals surface area contributed by atoms with E-state index in [1.54, 1.807) is 11.9 Å². The molecule has 2 heterocycles. The van der Waals surface area contributed by atoms with Crippen LogP contribution in [0.2, 0.25) is 0 Å². The highest BCUT2D eigenvalue weighted by Gasteiger charge is 2.42. The Kier molecular flexibility index (Phi) is 4.84. The zero-order chi connectivity index (χ0) is 21.6. The monoisotopic (exact) mass is 417 g/mol. The number of fused-ring (bicyclic) bond motifs is 3. The Morgan fingerprint density at radius 3 is 2.55 bits per heavy atom. The molecule has 1 amide bonds. The molecular formula is C26H27NO4. The largest absolute Gasteiger partial charge is 0.486 e. The molecule has 1 aromatic heterocycles. The van der Waals surface area contributed by atoms with E-state index in [1.165, 1.54) is 6.42 Å². The molecule has 31 heavy (non-hydrogen) atoms. The van der Waals surface area contributed by atoms with Gasteiger partial charge >= 0.3 is 0 Å². The molecular weight excluding hydrogens is 390 g/mol. The maximum Gasteiger partial charge on any atom is 0.289 e. The fourth-order valence-electron chi connectivity index (χ4n) is 5.12. The minimum atomic E-state index is -0.359. The lowest BCUT2D eigenvalue weighted by Gasteiger charge is -2.40. The summed E-state index contributed by atoms with van der Waals surface area (Å²) in [5.41, 5.74) is 2.52. The van der Waals surface area contributed by atoms with Gasteiger partial charge < -0.3 is 14.1 Å². The third-order valence-electron chi connectivity index (χ3n) is 6.71. The van der Waals surface area contributed by atoms with Crippen molar-refractivity contribution in [3.63, 3.8) is 0 Å². The average Bonchev–Trinajstić information content (AvgIpc) is 3.10. The second-order valence-corrected chi connectivity index (χ2v) is 8.96. The third kappa shape index (κ3) is 3.42. The molecule has 0 saturated heterocycles. The van der Waals surface area contributed by atoms with Gasteiger partial charge in [-0.1, -0.05) is 36.8 Å². The van der Waals surface area contributed by atoms with Crippen LogP contribution in [0.3, 0.4) is 0 Å². The molecule has 3 aromatic rings. The lowest BCUT2D eigenvalue weighted by molar-refractivity contribution is 0.0139. The molecule has 0 N–H and O–H groups in total. The Bertz CT molecular complexity index is 1160. The van der Waals surface area contributed by atoms with Gasteiger partial charge in [-0.3, -0.25) is 9.59 Å². The molecule has 1 spiro atoms. The van der Waals surface area contributed by atoms with Gasteiger partial charge in [-0.2, -0.15) is 0 Å². The molecule has 1 aliphatic carbocycles. The Labute approximate surface area is 182 Å². The van der Waals surface area contributed by atoms with Crippen LogP contribution in [-0.4, -0.2) is 29.2 Å². The van der Waals surface area contributed by atoms with Crippen molar-refractivity contribution in [2.45, 2.75) is 57.6 Å². The fraction of sp³-hybridized carbons (Fsp3) is 0.385. The number of amides is 1. The van der Waals surface area contributed by atoms with E-state index in [2.05, 4.69) is 0 Å².